The summed E-state index contributed by atoms with van der Waals surface area (Å²) < 4.78 is 4.58. The van der Waals surface area contributed by atoms with Crippen LogP contribution in [0.4, 0.5) is 0 Å². The van der Waals surface area contributed by atoms with Gasteiger partial charge in [0.25, 0.3) is 5.91 Å². The second-order valence-electron chi connectivity index (χ2n) is 2.41. The molecule has 0 unspecified atom stereocenters. The number of esters is 1. The average Bonchev–Trinajstić information content (AvgIpc) is 2.15. The average molecular weight is 287 g/mol. The molecule has 0 spiro atoms. The van der Waals surface area contributed by atoms with E-state index >= 15 is 0 Å². The monoisotopic (exact) mass is 286 g/mol. The smallest absolute Gasteiger partial charge is 0.338 e. The fraction of sp³-hybridized carbons (Fsp3) is 0.111. The summed E-state index contributed by atoms with van der Waals surface area (Å²) in [6.45, 7) is -0.381. The van der Waals surface area contributed by atoms with Gasteiger partial charge < -0.3 is 10.5 Å². The van der Waals surface area contributed by atoms with E-state index in [0.29, 0.717) is 5.56 Å². The molecule has 0 aliphatic carbocycles. The molecule has 0 aliphatic rings. The summed E-state index contributed by atoms with van der Waals surface area (Å²) in [5.41, 5.74) is 5.21. The van der Waals surface area contributed by atoms with E-state index in [4.69, 9.17) is 5.73 Å². The number of carbonyl (C=O) groups excluding carboxylic acids is 2. The standard InChI is InChI=1S/C9H9NO3.Ag/c10-8(11)6-13-9(12)7-4-2-1-3-5-7;/h1-5H,6H2,(H2,10,11);. The fourth-order valence-corrected chi connectivity index (χ4v) is 0.794. The maximum Gasteiger partial charge on any atom is 0.338 e. The number of nitrogens with two attached hydrogens (primary N) is 1. The first kappa shape index (κ1) is 12.9. The zero-order valence-electron chi connectivity index (χ0n) is 7.20. The van der Waals surface area contributed by atoms with E-state index < -0.39 is 11.9 Å². The molecular weight excluding hydrogens is 278 g/mol. The second kappa shape index (κ2) is 6.37. The van der Waals surface area contributed by atoms with Crippen LogP contribution in [0.5, 0.6) is 0 Å². The fourth-order valence-electron chi connectivity index (χ4n) is 0.794. The van der Waals surface area contributed by atoms with Crippen LogP contribution in [0, 0.1) is 0 Å². The molecule has 0 saturated heterocycles. The summed E-state index contributed by atoms with van der Waals surface area (Å²) in [6, 6.07) is 8.40. The van der Waals surface area contributed by atoms with E-state index in [-0.39, 0.29) is 29.0 Å². The molecule has 1 rings (SSSR count). The third-order valence-corrected chi connectivity index (χ3v) is 1.36. The van der Waals surface area contributed by atoms with Gasteiger partial charge in [-0.15, -0.1) is 0 Å². The number of hydrogen-bond acceptors (Lipinski definition) is 3. The van der Waals surface area contributed by atoms with Crippen molar-refractivity contribution in [2.45, 2.75) is 0 Å². The Morgan fingerprint density at radius 3 is 2.29 bits per heavy atom. The number of ether oxygens (including phenoxy) is 1. The van der Waals surface area contributed by atoms with E-state index in [9.17, 15) is 9.59 Å². The van der Waals surface area contributed by atoms with Crippen LogP contribution in [0.2, 0.25) is 0 Å². The number of benzene rings is 1. The van der Waals surface area contributed by atoms with Crippen LogP contribution in [0.25, 0.3) is 0 Å². The quantitative estimate of drug-likeness (QED) is 0.643. The zero-order valence-corrected chi connectivity index (χ0v) is 8.68. The van der Waals surface area contributed by atoms with Gasteiger partial charge in [0, 0.05) is 22.4 Å². The van der Waals surface area contributed by atoms with Crippen molar-refractivity contribution in [1.82, 2.24) is 0 Å². The third kappa shape index (κ3) is 4.23. The number of rotatable bonds is 3. The molecule has 14 heavy (non-hydrogen) atoms. The van der Waals surface area contributed by atoms with Crippen LogP contribution in [-0.4, -0.2) is 18.5 Å². The van der Waals surface area contributed by atoms with E-state index in [1.54, 1.807) is 30.3 Å². The summed E-state index contributed by atoms with van der Waals surface area (Å²) in [5, 5.41) is 0. The maximum absolute atomic E-state index is 11.1. The molecule has 0 atom stereocenters. The number of primary amides is 1. The van der Waals surface area contributed by atoms with Crippen molar-refractivity contribution in [2.75, 3.05) is 6.61 Å². The van der Waals surface area contributed by atoms with Gasteiger partial charge in [-0.05, 0) is 12.1 Å². The molecule has 1 aromatic carbocycles. The summed E-state index contributed by atoms with van der Waals surface area (Å²) in [4.78, 5) is 21.4. The zero-order chi connectivity index (χ0) is 9.68. The molecule has 0 fully saturated rings. The normalized spacial score (nSPS) is 8.57. The van der Waals surface area contributed by atoms with Crippen LogP contribution < -0.4 is 5.73 Å². The van der Waals surface area contributed by atoms with Crippen molar-refractivity contribution >= 4 is 11.9 Å². The van der Waals surface area contributed by atoms with E-state index in [2.05, 4.69) is 4.74 Å². The van der Waals surface area contributed by atoms with Crippen molar-refractivity contribution in [3.63, 3.8) is 0 Å². The first-order valence-electron chi connectivity index (χ1n) is 3.70. The molecule has 5 heteroatoms. The Kier molecular flexibility index (Phi) is 5.87. The van der Waals surface area contributed by atoms with Crippen molar-refractivity contribution in [2.24, 2.45) is 5.73 Å². The Hall–Kier alpha value is -1.10. The molecule has 0 aromatic heterocycles. The Morgan fingerprint density at radius 2 is 1.79 bits per heavy atom. The predicted octanol–water partition coefficient (Wildman–Crippen LogP) is 0.326. The molecule has 1 aromatic rings. The van der Waals surface area contributed by atoms with E-state index in [1.807, 2.05) is 0 Å². The third-order valence-electron chi connectivity index (χ3n) is 1.36. The minimum absolute atomic E-state index is 0. The largest absolute Gasteiger partial charge is 0.452 e. The molecule has 1 radical (unpaired) electrons. The van der Waals surface area contributed by atoms with Crippen LogP contribution in [-0.2, 0) is 31.9 Å². The predicted molar refractivity (Wildman–Crippen MR) is 45.9 cm³/mol. The second-order valence-corrected chi connectivity index (χ2v) is 2.41. The molecule has 1 amide bonds. The minimum atomic E-state index is -0.663. The van der Waals surface area contributed by atoms with Gasteiger partial charge in [-0.1, -0.05) is 18.2 Å². The minimum Gasteiger partial charge on any atom is -0.452 e. The van der Waals surface area contributed by atoms with Gasteiger partial charge in [0.2, 0.25) is 0 Å². The van der Waals surface area contributed by atoms with Crippen LogP contribution in [0.15, 0.2) is 30.3 Å². The first-order valence-corrected chi connectivity index (χ1v) is 3.70. The molecule has 79 valence electrons. The molecule has 0 heterocycles. The van der Waals surface area contributed by atoms with Crippen LogP contribution >= 0.6 is 0 Å². The number of hydrogen-bond donors (Lipinski definition) is 1. The van der Waals surface area contributed by atoms with Crippen molar-refractivity contribution < 1.29 is 36.7 Å². The van der Waals surface area contributed by atoms with Crippen molar-refractivity contribution in [3.8, 4) is 0 Å². The molecule has 4 nitrogen and oxygen atoms in total. The van der Waals surface area contributed by atoms with Gasteiger partial charge in [-0.3, -0.25) is 4.79 Å². The van der Waals surface area contributed by atoms with Crippen molar-refractivity contribution in [1.29, 1.82) is 0 Å². The molecule has 2 N–H and O–H groups in total. The van der Waals surface area contributed by atoms with Gasteiger partial charge in [0.05, 0.1) is 5.56 Å². The SMILES string of the molecule is NC(=O)COC(=O)c1ccccc1.[Ag]. The molecular formula is C9H9AgNO3. The van der Waals surface area contributed by atoms with Gasteiger partial charge >= 0.3 is 5.97 Å². The first-order chi connectivity index (χ1) is 6.20. The number of amides is 1. The van der Waals surface area contributed by atoms with Crippen LogP contribution in [0.1, 0.15) is 10.4 Å². The van der Waals surface area contributed by atoms with Crippen molar-refractivity contribution in [3.05, 3.63) is 35.9 Å². The summed E-state index contributed by atoms with van der Waals surface area (Å²) in [5.74, 6) is -1.20. The maximum atomic E-state index is 11.1. The topological polar surface area (TPSA) is 69.4 Å². The Balaban J connectivity index is 0.00000169. The van der Waals surface area contributed by atoms with E-state index in [1.165, 1.54) is 0 Å². The van der Waals surface area contributed by atoms with Gasteiger partial charge in [0.15, 0.2) is 6.61 Å². The van der Waals surface area contributed by atoms with Gasteiger partial charge in [-0.2, -0.15) is 0 Å². The van der Waals surface area contributed by atoms with E-state index in [0.717, 1.165) is 0 Å². The Labute approximate surface area is 96.9 Å². The summed E-state index contributed by atoms with van der Waals surface area (Å²) >= 11 is 0. The van der Waals surface area contributed by atoms with Gasteiger partial charge in [-0.25, -0.2) is 4.79 Å². The Bertz CT molecular complexity index is 313. The number of carbonyl (C=O) groups is 2. The Morgan fingerprint density at radius 1 is 1.21 bits per heavy atom. The molecule has 0 aliphatic heterocycles. The summed E-state index contributed by atoms with van der Waals surface area (Å²) in [7, 11) is 0. The van der Waals surface area contributed by atoms with Gasteiger partial charge in [0.1, 0.15) is 0 Å². The summed E-state index contributed by atoms with van der Waals surface area (Å²) in [6.07, 6.45) is 0. The van der Waals surface area contributed by atoms with Crippen LogP contribution in [0.3, 0.4) is 0 Å². The molecule has 0 saturated carbocycles. The molecule has 0 bridgehead atoms.